The molecule has 0 spiro atoms. The second kappa shape index (κ2) is 4.76. The van der Waals surface area contributed by atoms with E-state index in [4.69, 9.17) is 14.2 Å². The smallest absolute Gasteiger partial charge is 0.233 e. The van der Waals surface area contributed by atoms with E-state index in [-0.39, 0.29) is 11.8 Å². The van der Waals surface area contributed by atoms with Crippen molar-refractivity contribution in [3.63, 3.8) is 0 Å². The maximum atomic E-state index is 12.0. The SMILES string of the molecule is COc1cc2c(cc1OC)N(C)C(=O)C(C)CO2. The molecule has 0 bridgehead atoms. The van der Waals surface area contributed by atoms with Gasteiger partial charge in [0, 0.05) is 19.2 Å². The van der Waals surface area contributed by atoms with E-state index >= 15 is 0 Å². The lowest BCUT2D eigenvalue weighted by molar-refractivity contribution is -0.122. The van der Waals surface area contributed by atoms with Crippen molar-refractivity contribution in [1.82, 2.24) is 0 Å². The predicted octanol–water partition coefficient (Wildman–Crippen LogP) is 1.70. The van der Waals surface area contributed by atoms with Crippen LogP contribution in [0.25, 0.3) is 0 Å². The first-order chi connectivity index (χ1) is 8.58. The molecule has 5 nitrogen and oxygen atoms in total. The summed E-state index contributed by atoms with van der Waals surface area (Å²) in [5, 5.41) is 0. The quantitative estimate of drug-likeness (QED) is 0.802. The molecule has 2 rings (SSSR count). The highest BCUT2D eigenvalue weighted by Crippen LogP contribution is 2.41. The summed E-state index contributed by atoms with van der Waals surface area (Å²) in [4.78, 5) is 13.6. The van der Waals surface area contributed by atoms with E-state index in [0.717, 1.165) is 0 Å². The zero-order chi connectivity index (χ0) is 13.3. The van der Waals surface area contributed by atoms with Crippen LogP contribution < -0.4 is 19.1 Å². The minimum absolute atomic E-state index is 0.0287. The van der Waals surface area contributed by atoms with E-state index in [0.29, 0.717) is 29.5 Å². The number of hydrogen-bond acceptors (Lipinski definition) is 4. The Labute approximate surface area is 106 Å². The van der Waals surface area contributed by atoms with Crippen LogP contribution in [0.2, 0.25) is 0 Å². The third-order valence-electron chi connectivity index (χ3n) is 3.07. The Morgan fingerprint density at radius 3 is 2.50 bits per heavy atom. The number of rotatable bonds is 2. The molecule has 1 aliphatic rings. The third kappa shape index (κ3) is 1.96. The van der Waals surface area contributed by atoms with Crippen LogP contribution in [-0.2, 0) is 4.79 Å². The van der Waals surface area contributed by atoms with Crippen molar-refractivity contribution in [2.24, 2.45) is 5.92 Å². The van der Waals surface area contributed by atoms with Gasteiger partial charge in [-0.2, -0.15) is 0 Å². The second-order valence-corrected chi connectivity index (χ2v) is 4.28. The van der Waals surface area contributed by atoms with Crippen molar-refractivity contribution in [1.29, 1.82) is 0 Å². The summed E-state index contributed by atoms with van der Waals surface area (Å²) in [6, 6.07) is 3.50. The molecule has 0 aliphatic carbocycles. The van der Waals surface area contributed by atoms with Crippen LogP contribution in [0.5, 0.6) is 17.2 Å². The molecule has 0 N–H and O–H groups in total. The van der Waals surface area contributed by atoms with E-state index in [1.165, 1.54) is 0 Å². The van der Waals surface area contributed by atoms with Crippen molar-refractivity contribution in [2.45, 2.75) is 6.92 Å². The summed E-state index contributed by atoms with van der Waals surface area (Å²) in [7, 11) is 4.86. The van der Waals surface area contributed by atoms with Crippen molar-refractivity contribution < 1.29 is 19.0 Å². The highest BCUT2D eigenvalue weighted by Gasteiger charge is 2.27. The molecule has 0 saturated carbocycles. The fourth-order valence-electron chi connectivity index (χ4n) is 1.96. The Bertz CT molecular complexity index is 472. The first-order valence-electron chi connectivity index (χ1n) is 5.75. The number of nitrogens with zero attached hydrogens (tertiary/aromatic N) is 1. The van der Waals surface area contributed by atoms with Gasteiger partial charge in [0.05, 0.1) is 32.4 Å². The van der Waals surface area contributed by atoms with Crippen LogP contribution >= 0.6 is 0 Å². The minimum atomic E-state index is -0.167. The number of ether oxygens (including phenoxy) is 3. The van der Waals surface area contributed by atoms with Gasteiger partial charge in [-0.15, -0.1) is 0 Å². The normalized spacial score (nSPS) is 18.8. The van der Waals surface area contributed by atoms with E-state index in [2.05, 4.69) is 0 Å². The molecular formula is C13H17NO4. The summed E-state index contributed by atoms with van der Waals surface area (Å²) in [5.74, 6) is 1.66. The molecule has 1 heterocycles. The standard InChI is InChI=1S/C13H17NO4/c1-8-7-18-10-6-12(17-4)11(16-3)5-9(10)14(2)13(8)15/h5-6,8H,7H2,1-4H3. The number of anilines is 1. The van der Waals surface area contributed by atoms with Crippen LogP contribution in [0, 0.1) is 5.92 Å². The number of methoxy groups -OCH3 is 2. The van der Waals surface area contributed by atoms with Gasteiger partial charge in [0.15, 0.2) is 11.5 Å². The molecule has 1 aromatic rings. The number of hydrogen-bond donors (Lipinski definition) is 0. The van der Waals surface area contributed by atoms with Crippen LogP contribution in [0.3, 0.4) is 0 Å². The molecule has 0 saturated heterocycles. The fraction of sp³-hybridized carbons (Fsp3) is 0.462. The van der Waals surface area contributed by atoms with Gasteiger partial charge in [0.2, 0.25) is 5.91 Å². The molecule has 1 unspecified atom stereocenters. The second-order valence-electron chi connectivity index (χ2n) is 4.28. The van der Waals surface area contributed by atoms with Gasteiger partial charge in [-0.05, 0) is 0 Å². The maximum absolute atomic E-state index is 12.0. The van der Waals surface area contributed by atoms with E-state index < -0.39 is 0 Å². The molecule has 98 valence electrons. The number of carbonyl (C=O) groups is 1. The van der Waals surface area contributed by atoms with Gasteiger partial charge < -0.3 is 19.1 Å². The zero-order valence-electron chi connectivity index (χ0n) is 11.0. The molecule has 0 fully saturated rings. The average Bonchev–Trinajstić information content (AvgIpc) is 2.50. The summed E-state index contributed by atoms with van der Waals surface area (Å²) in [6.45, 7) is 2.21. The Balaban J connectivity index is 2.52. The van der Waals surface area contributed by atoms with E-state index in [1.807, 2.05) is 6.92 Å². The lowest BCUT2D eigenvalue weighted by Crippen LogP contribution is -2.31. The fourth-order valence-corrected chi connectivity index (χ4v) is 1.96. The highest BCUT2D eigenvalue weighted by molar-refractivity contribution is 5.97. The van der Waals surface area contributed by atoms with Gasteiger partial charge in [-0.25, -0.2) is 0 Å². The number of fused-ring (bicyclic) bond motifs is 1. The molecule has 18 heavy (non-hydrogen) atoms. The molecule has 1 aliphatic heterocycles. The first kappa shape index (κ1) is 12.5. The van der Waals surface area contributed by atoms with Crippen LogP contribution in [0.1, 0.15) is 6.92 Å². The van der Waals surface area contributed by atoms with Crippen LogP contribution in [0.4, 0.5) is 5.69 Å². The number of amides is 1. The summed E-state index contributed by atoms with van der Waals surface area (Å²) in [5.41, 5.74) is 0.696. The lowest BCUT2D eigenvalue weighted by atomic mass is 10.1. The highest BCUT2D eigenvalue weighted by atomic mass is 16.5. The van der Waals surface area contributed by atoms with E-state index in [9.17, 15) is 4.79 Å². The van der Waals surface area contributed by atoms with Gasteiger partial charge in [0.1, 0.15) is 5.75 Å². The average molecular weight is 251 g/mol. The predicted molar refractivity (Wildman–Crippen MR) is 67.6 cm³/mol. The molecule has 0 aromatic heterocycles. The number of carbonyl (C=O) groups excluding carboxylic acids is 1. The Morgan fingerprint density at radius 2 is 1.89 bits per heavy atom. The monoisotopic (exact) mass is 251 g/mol. The van der Waals surface area contributed by atoms with Crippen molar-refractivity contribution >= 4 is 11.6 Å². The van der Waals surface area contributed by atoms with Crippen molar-refractivity contribution in [3.05, 3.63) is 12.1 Å². The zero-order valence-corrected chi connectivity index (χ0v) is 11.0. The summed E-state index contributed by atoms with van der Waals surface area (Å²) in [6.07, 6.45) is 0. The van der Waals surface area contributed by atoms with Crippen LogP contribution in [-0.4, -0.2) is 33.8 Å². The topological polar surface area (TPSA) is 48.0 Å². The molecule has 1 amide bonds. The largest absolute Gasteiger partial charge is 0.493 e. The van der Waals surface area contributed by atoms with Crippen LogP contribution in [0.15, 0.2) is 12.1 Å². The van der Waals surface area contributed by atoms with Gasteiger partial charge in [0.25, 0.3) is 0 Å². The molecule has 1 atom stereocenters. The first-order valence-corrected chi connectivity index (χ1v) is 5.75. The Hall–Kier alpha value is -1.91. The van der Waals surface area contributed by atoms with Gasteiger partial charge in [-0.1, -0.05) is 6.92 Å². The Kier molecular flexibility index (Phi) is 3.32. The van der Waals surface area contributed by atoms with Gasteiger partial charge >= 0.3 is 0 Å². The van der Waals surface area contributed by atoms with Crippen molar-refractivity contribution in [3.8, 4) is 17.2 Å². The maximum Gasteiger partial charge on any atom is 0.233 e. The molecule has 1 aromatic carbocycles. The third-order valence-corrected chi connectivity index (χ3v) is 3.07. The Morgan fingerprint density at radius 1 is 1.28 bits per heavy atom. The van der Waals surface area contributed by atoms with Crippen molar-refractivity contribution in [2.75, 3.05) is 32.8 Å². The molecule has 0 radical (unpaired) electrons. The molecular weight excluding hydrogens is 234 g/mol. The lowest BCUT2D eigenvalue weighted by Gasteiger charge is -2.19. The molecule has 5 heteroatoms. The minimum Gasteiger partial charge on any atom is -0.493 e. The number of benzene rings is 1. The summed E-state index contributed by atoms with van der Waals surface area (Å²) < 4.78 is 16.1. The summed E-state index contributed by atoms with van der Waals surface area (Å²) >= 11 is 0. The van der Waals surface area contributed by atoms with E-state index in [1.54, 1.807) is 38.3 Å². The van der Waals surface area contributed by atoms with Gasteiger partial charge in [-0.3, -0.25) is 4.79 Å².